The Morgan fingerprint density at radius 3 is 2.82 bits per heavy atom. The van der Waals surface area contributed by atoms with E-state index in [2.05, 4.69) is 10.4 Å². The van der Waals surface area contributed by atoms with Gasteiger partial charge in [0, 0.05) is 6.20 Å². The van der Waals surface area contributed by atoms with Gasteiger partial charge in [0.05, 0.1) is 6.04 Å². The smallest absolute Gasteiger partial charge is 0.272 e. The zero-order valence-electron chi connectivity index (χ0n) is 15.7. The molecule has 0 saturated heterocycles. The molecule has 1 saturated carbocycles. The summed E-state index contributed by atoms with van der Waals surface area (Å²) in [5, 5.41) is 10.3. The van der Waals surface area contributed by atoms with Crippen molar-refractivity contribution >= 4 is 17.2 Å². The number of aromatic nitrogens is 5. The SMILES string of the molecule is Cc1ccn(C(=O)Cn2nnn(-c3cccs3)c2=O)c(=NC2CCCCC2)c1. The van der Waals surface area contributed by atoms with Gasteiger partial charge < -0.3 is 0 Å². The number of rotatable bonds is 4. The van der Waals surface area contributed by atoms with Crippen LogP contribution in [-0.4, -0.2) is 36.3 Å². The van der Waals surface area contributed by atoms with E-state index in [-0.39, 0.29) is 18.5 Å². The third-order valence-electron chi connectivity index (χ3n) is 4.89. The third-order valence-corrected chi connectivity index (χ3v) is 5.73. The van der Waals surface area contributed by atoms with E-state index in [4.69, 9.17) is 4.99 Å². The number of pyridine rings is 1. The average molecular weight is 398 g/mol. The fourth-order valence-electron chi connectivity index (χ4n) is 3.40. The van der Waals surface area contributed by atoms with E-state index >= 15 is 0 Å². The van der Waals surface area contributed by atoms with Gasteiger partial charge in [0.1, 0.15) is 17.0 Å². The van der Waals surface area contributed by atoms with Crippen LogP contribution >= 0.6 is 11.3 Å². The summed E-state index contributed by atoms with van der Waals surface area (Å²) in [7, 11) is 0. The van der Waals surface area contributed by atoms with Gasteiger partial charge in [-0.15, -0.1) is 11.3 Å². The van der Waals surface area contributed by atoms with Gasteiger partial charge in [0.2, 0.25) is 0 Å². The lowest BCUT2D eigenvalue weighted by Gasteiger charge is -2.18. The molecule has 9 heteroatoms. The molecule has 0 radical (unpaired) electrons. The van der Waals surface area contributed by atoms with Gasteiger partial charge in [0.15, 0.2) is 0 Å². The lowest BCUT2D eigenvalue weighted by molar-refractivity contribution is 0.0878. The molecule has 0 aromatic carbocycles. The van der Waals surface area contributed by atoms with Crippen LogP contribution in [-0.2, 0) is 6.54 Å². The number of aryl methyl sites for hydroxylation is 1. The minimum Gasteiger partial charge on any atom is -0.272 e. The van der Waals surface area contributed by atoms with Crippen molar-refractivity contribution in [3.63, 3.8) is 0 Å². The molecular formula is C19H22N6O2S. The first-order valence-electron chi connectivity index (χ1n) is 9.45. The highest BCUT2D eigenvalue weighted by Crippen LogP contribution is 2.19. The maximum Gasteiger partial charge on any atom is 0.369 e. The molecule has 0 aliphatic heterocycles. The van der Waals surface area contributed by atoms with Crippen LogP contribution in [0.4, 0.5) is 0 Å². The zero-order chi connectivity index (χ0) is 19.5. The van der Waals surface area contributed by atoms with Crippen molar-refractivity contribution in [2.75, 3.05) is 0 Å². The summed E-state index contributed by atoms with van der Waals surface area (Å²) in [6, 6.07) is 7.64. The highest BCUT2D eigenvalue weighted by Gasteiger charge is 2.16. The molecule has 1 aliphatic carbocycles. The van der Waals surface area contributed by atoms with Gasteiger partial charge in [-0.25, -0.2) is 4.79 Å². The maximum atomic E-state index is 12.9. The second-order valence-electron chi connectivity index (χ2n) is 7.03. The van der Waals surface area contributed by atoms with Crippen molar-refractivity contribution in [3.8, 4) is 5.00 Å². The molecule has 3 aromatic rings. The molecule has 146 valence electrons. The predicted molar refractivity (Wildman–Crippen MR) is 106 cm³/mol. The number of nitrogens with zero attached hydrogens (tertiary/aromatic N) is 6. The molecule has 3 heterocycles. The first-order chi connectivity index (χ1) is 13.6. The largest absolute Gasteiger partial charge is 0.369 e. The standard InChI is InChI=1S/C19H22N6O2S/c1-14-9-10-23(16(12-14)20-15-6-3-2-4-7-15)17(26)13-24-19(27)25(22-21-24)18-8-5-11-28-18/h5,8-12,15H,2-4,6-7,13H2,1H3. The zero-order valence-corrected chi connectivity index (χ0v) is 16.5. The van der Waals surface area contributed by atoms with Gasteiger partial charge in [0.25, 0.3) is 5.91 Å². The molecule has 3 aromatic heterocycles. The summed E-state index contributed by atoms with van der Waals surface area (Å²) in [5.74, 6) is -0.269. The Morgan fingerprint density at radius 1 is 1.25 bits per heavy atom. The molecule has 1 aliphatic rings. The van der Waals surface area contributed by atoms with Crippen LogP contribution in [0.2, 0.25) is 0 Å². The van der Waals surface area contributed by atoms with E-state index in [0.717, 1.165) is 23.1 Å². The van der Waals surface area contributed by atoms with Crippen LogP contribution in [0.5, 0.6) is 0 Å². The number of tetrazole rings is 1. The van der Waals surface area contributed by atoms with Crippen LogP contribution < -0.4 is 11.2 Å². The van der Waals surface area contributed by atoms with Crippen molar-refractivity contribution < 1.29 is 4.79 Å². The fourth-order valence-corrected chi connectivity index (χ4v) is 4.07. The van der Waals surface area contributed by atoms with Crippen LogP contribution in [0.25, 0.3) is 5.00 Å². The van der Waals surface area contributed by atoms with E-state index in [1.54, 1.807) is 12.3 Å². The first-order valence-corrected chi connectivity index (χ1v) is 10.3. The van der Waals surface area contributed by atoms with Crippen molar-refractivity contribution in [2.45, 2.75) is 51.6 Å². The summed E-state index contributed by atoms with van der Waals surface area (Å²) in [6.45, 7) is 1.79. The molecule has 0 spiro atoms. The number of thiophene rings is 1. The Balaban J connectivity index is 1.62. The number of hydrogen-bond acceptors (Lipinski definition) is 6. The molecule has 0 N–H and O–H groups in total. The fraction of sp³-hybridized carbons (Fsp3) is 0.421. The molecule has 0 amide bonds. The highest BCUT2D eigenvalue weighted by molar-refractivity contribution is 7.12. The van der Waals surface area contributed by atoms with Gasteiger partial charge in [-0.05, 0) is 65.4 Å². The van der Waals surface area contributed by atoms with Crippen LogP contribution in [0.1, 0.15) is 42.5 Å². The van der Waals surface area contributed by atoms with Crippen molar-refractivity contribution in [3.05, 3.63) is 57.4 Å². The van der Waals surface area contributed by atoms with Gasteiger partial charge >= 0.3 is 5.69 Å². The summed E-state index contributed by atoms with van der Waals surface area (Å²) < 4.78 is 3.79. The average Bonchev–Trinajstić information content (AvgIpc) is 3.33. The second-order valence-corrected chi connectivity index (χ2v) is 7.96. The summed E-state index contributed by atoms with van der Waals surface area (Å²) >= 11 is 1.38. The van der Waals surface area contributed by atoms with Crippen molar-refractivity contribution in [2.24, 2.45) is 4.99 Å². The minimum absolute atomic E-state index is 0.189. The Labute approximate surface area is 165 Å². The minimum atomic E-state index is -0.436. The summed E-state index contributed by atoms with van der Waals surface area (Å²) in [6.07, 6.45) is 7.42. The molecular weight excluding hydrogens is 376 g/mol. The Morgan fingerprint density at radius 2 is 2.07 bits per heavy atom. The Kier molecular flexibility index (Phi) is 5.34. The molecule has 8 nitrogen and oxygen atoms in total. The van der Waals surface area contributed by atoms with E-state index in [9.17, 15) is 9.59 Å². The molecule has 28 heavy (non-hydrogen) atoms. The lowest BCUT2D eigenvalue weighted by atomic mass is 9.96. The van der Waals surface area contributed by atoms with Gasteiger partial charge in [-0.3, -0.25) is 14.4 Å². The normalized spacial score (nSPS) is 15.8. The van der Waals surface area contributed by atoms with E-state index in [1.165, 1.54) is 39.8 Å². The summed E-state index contributed by atoms with van der Waals surface area (Å²) in [5.41, 5.74) is 1.24. The van der Waals surface area contributed by atoms with Crippen molar-refractivity contribution in [1.29, 1.82) is 0 Å². The number of carbonyl (C=O) groups is 1. The molecule has 1 fully saturated rings. The number of carbonyl (C=O) groups excluding carboxylic acids is 1. The topological polar surface area (TPSA) is 87.1 Å². The molecule has 0 bridgehead atoms. The number of hydrogen-bond donors (Lipinski definition) is 0. The van der Waals surface area contributed by atoms with Crippen LogP contribution in [0.3, 0.4) is 0 Å². The van der Waals surface area contributed by atoms with Gasteiger partial charge in [-0.2, -0.15) is 9.36 Å². The highest BCUT2D eigenvalue weighted by atomic mass is 32.1. The Hall–Kier alpha value is -2.81. The predicted octanol–water partition coefficient (Wildman–Crippen LogP) is 2.17. The molecule has 0 atom stereocenters. The molecule has 0 unspecified atom stereocenters. The maximum absolute atomic E-state index is 12.9. The van der Waals surface area contributed by atoms with E-state index in [0.29, 0.717) is 10.5 Å². The second kappa shape index (κ2) is 8.05. The van der Waals surface area contributed by atoms with Crippen LogP contribution in [0.15, 0.2) is 45.6 Å². The van der Waals surface area contributed by atoms with Gasteiger partial charge in [-0.1, -0.05) is 19.3 Å². The summed E-state index contributed by atoms with van der Waals surface area (Å²) in [4.78, 5) is 30.2. The third kappa shape index (κ3) is 3.89. The first kappa shape index (κ1) is 18.5. The van der Waals surface area contributed by atoms with E-state index < -0.39 is 5.69 Å². The van der Waals surface area contributed by atoms with Crippen LogP contribution in [0, 0.1) is 6.92 Å². The molecule has 4 rings (SSSR count). The quantitative estimate of drug-likeness (QED) is 0.674. The van der Waals surface area contributed by atoms with Crippen molar-refractivity contribution in [1.82, 2.24) is 24.4 Å². The Bertz CT molecular complexity index is 1090. The monoisotopic (exact) mass is 398 g/mol. The lowest BCUT2D eigenvalue weighted by Crippen LogP contribution is -2.34. The van der Waals surface area contributed by atoms with E-state index in [1.807, 2.05) is 30.5 Å².